The molecule has 0 bridgehead atoms. The van der Waals surface area contributed by atoms with Crippen LogP contribution in [0.3, 0.4) is 0 Å². The molecule has 1 aliphatic heterocycles. The number of benzene rings is 2. The molecule has 0 aromatic heterocycles. The Balaban J connectivity index is 0.00000320. The van der Waals surface area contributed by atoms with Gasteiger partial charge >= 0.3 is 0 Å². The number of ether oxygens (including phenoxy) is 2. The number of carbonyl (C=O) groups excluding carboxylic acids is 1. The summed E-state index contributed by atoms with van der Waals surface area (Å²) < 4.78 is 11.2. The van der Waals surface area contributed by atoms with Crippen molar-refractivity contribution < 1.29 is 14.3 Å². The van der Waals surface area contributed by atoms with Gasteiger partial charge in [-0.2, -0.15) is 0 Å². The molecule has 0 fully saturated rings. The molecule has 30 heavy (non-hydrogen) atoms. The number of para-hydroxylation sites is 3. The highest BCUT2D eigenvalue weighted by molar-refractivity contribution is 14.0. The van der Waals surface area contributed by atoms with Crippen LogP contribution in [0, 0.1) is 0 Å². The summed E-state index contributed by atoms with van der Waals surface area (Å²) >= 11 is 0. The van der Waals surface area contributed by atoms with E-state index in [2.05, 4.69) is 15.6 Å². The van der Waals surface area contributed by atoms with Crippen LogP contribution in [0.4, 0.5) is 5.69 Å². The van der Waals surface area contributed by atoms with Gasteiger partial charge in [-0.05, 0) is 37.6 Å². The van der Waals surface area contributed by atoms with E-state index < -0.39 is 0 Å². The lowest BCUT2D eigenvalue weighted by atomic mass is 10.2. The van der Waals surface area contributed by atoms with E-state index in [1.165, 1.54) is 0 Å². The predicted octanol–water partition coefficient (Wildman–Crippen LogP) is 3.05. The summed E-state index contributed by atoms with van der Waals surface area (Å²) in [4.78, 5) is 18.6. The molecule has 8 heteroatoms. The molecule has 1 amide bonds. The molecule has 0 radical (unpaired) electrons. The number of nitrogens with one attached hydrogen (secondary N) is 2. The number of hydrogen-bond acceptors (Lipinski definition) is 4. The zero-order valence-corrected chi connectivity index (χ0v) is 19.5. The summed E-state index contributed by atoms with van der Waals surface area (Å²) in [7, 11) is 0. The van der Waals surface area contributed by atoms with Crippen LogP contribution in [0.2, 0.25) is 0 Å². The topological polar surface area (TPSA) is 75.2 Å². The molecular formula is C22H29IN4O3. The van der Waals surface area contributed by atoms with Crippen LogP contribution in [0.1, 0.15) is 13.3 Å². The zero-order valence-electron chi connectivity index (χ0n) is 17.2. The smallest absolute Gasteiger partial charge is 0.265 e. The van der Waals surface area contributed by atoms with Crippen LogP contribution in [0.25, 0.3) is 0 Å². The van der Waals surface area contributed by atoms with Crippen molar-refractivity contribution in [1.82, 2.24) is 10.6 Å². The number of halogens is 1. The normalized spacial score (nSPS) is 13.0. The van der Waals surface area contributed by atoms with Gasteiger partial charge in [0, 0.05) is 19.6 Å². The van der Waals surface area contributed by atoms with E-state index in [1.54, 1.807) is 4.90 Å². The van der Waals surface area contributed by atoms with Crippen LogP contribution < -0.4 is 25.0 Å². The van der Waals surface area contributed by atoms with Crippen molar-refractivity contribution in [3.05, 3.63) is 54.6 Å². The molecule has 0 unspecified atom stereocenters. The van der Waals surface area contributed by atoms with Crippen molar-refractivity contribution in [2.24, 2.45) is 4.99 Å². The maximum atomic E-state index is 12.2. The van der Waals surface area contributed by atoms with E-state index in [-0.39, 0.29) is 36.5 Å². The van der Waals surface area contributed by atoms with Crippen LogP contribution >= 0.6 is 24.0 Å². The maximum Gasteiger partial charge on any atom is 0.265 e. The fraction of sp³-hybridized carbons (Fsp3) is 0.364. The lowest BCUT2D eigenvalue weighted by Crippen LogP contribution is -2.40. The average molecular weight is 524 g/mol. The Morgan fingerprint density at radius 3 is 2.70 bits per heavy atom. The van der Waals surface area contributed by atoms with E-state index in [0.717, 1.165) is 36.1 Å². The third-order valence-electron chi connectivity index (χ3n) is 4.37. The number of aliphatic imine (C=N–C) groups is 1. The predicted molar refractivity (Wildman–Crippen MR) is 130 cm³/mol. The standard InChI is InChI=1S/C22H28N4O3.HI/c1-2-23-22(25-14-16-28-18-9-4-3-5-10-18)24-13-8-15-26-19-11-6-7-12-20(19)29-17-21(26)27;/h3-7,9-12H,2,8,13-17H2,1H3,(H2,23,24,25);1H. The summed E-state index contributed by atoms with van der Waals surface area (Å²) in [6.07, 6.45) is 0.761. The van der Waals surface area contributed by atoms with E-state index in [0.29, 0.717) is 26.2 Å². The Labute approximate surface area is 194 Å². The summed E-state index contributed by atoms with van der Waals surface area (Å²) in [5.74, 6) is 2.34. The third-order valence-corrected chi connectivity index (χ3v) is 4.37. The van der Waals surface area contributed by atoms with Crippen LogP contribution in [-0.2, 0) is 4.79 Å². The Kier molecular flexibility index (Phi) is 10.3. The van der Waals surface area contributed by atoms with Crippen LogP contribution in [-0.4, -0.2) is 51.3 Å². The monoisotopic (exact) mass is 524 g/mol. The molecule has 2 aromatic carbocycles. The van der Waals surface area contributed by atoms with Crippen molar-refractivity contribution >= 4 is 41.5 Å². The van der Waals surface area contributed by atoms with E-state index >= 15 is 0 Å². The number of guanidine groups is 1. The number of hydrogen-bond donors (Lipinski definition) is 2. The molecule has 7 nitrogen and oxygen atoms in total. The number of fused-ring (bicyclic) bond motifs is 1. The quantitative estimate of drug-likeness (QED) is 0.228. The first-order valence-corrected chi connectivity index (χ1v) is 10.00. The Morgan fingerprint density at radius 1 is 1.13 bits per heavy atom. The first-order valence-electron chi connectivity index (χ1n) is 10.00. The maximum absolute atomic E-state index is 12.2. The molecule has 1 heterocycles. The number of rotatable bonds is 9. The lowest BCUT2D eigenvalue weighted by molar-refractivity contribution is -0.121. The number of anilines is 1. The summed E-state index contributed by atoms with van der Waals surface area (Å²) in [5.41, 5.74) is 0.829. The van der Waals surface area contributed by atoms with Crippen molar-refractivity contribution in [2.45, 2.75) is 13.3 Å². The molecule has 1 aliphatic rings. The molecule has 3 rings (SSSR count). The summed E-state index contributed by atoms with van der Waals surface area (Å²) in [5, 5.41) is 6.49. The van der Waals surface area contributed by atoms with Crippen molar-refractivity contribution in [3.8, 4) is 11.5 Å². The Morgan fingerprint density at radius 2 is 1.90 bits per heavy atom. The lowest BCUT2D eigenvalue weighted by Gasteiger charge is -2.29. The minimum atomic E-state index is -0.0178. The van der Waals surface area contributed by atoms with Gasteiger partial charge in [0.25, 0.3) is 5.91 Å². The number of carbonyl (C=O) groups is 1. The van der Waals surface area contributed by atoms with Crippen molar-refractivity contribution in [3.63, 3.8) is 0 Å². The molecule has 0 atom stereocenters. The highest BCUT2D eigenvalue weighted by atomic mass is 127. The average Bonchev–Trinajstić information content (AvgIpc) is 2.76. The van der Waals surface area contributed by atoms with Gasteiger partial charge in [0.15, 0.2) is 12.6 Å². The zero-order chi connectivity index (χ0) is 20.3. The van der Waals surface area contributed by atoms with Gasteiger partial charge < -0.3 is 25.0 Å². The van der Waals surface area contributed by atoms with Gasteiger partial charge in [0.2, 0.25) is 0 Å². The van der Waals surface area contributed by atoms with E-state index in [1.807, 2.05) is 61.5 Å². The second-order valence-electron chi connectivity index (χ2n) is 6.50. The molecule has 162 valence electrons. The second-order valence-corrected chi connectivity index (χ2v) is 6.50. The summed E-state index contributed by atoms with van der Waals surface area (Å²) in [6, 6.07) is 17.4. The van der Waals surface area contributed by atoms with Crippen molar-refractivity contribution in [1.29, 1.82) is 0 Å². The van der Waals surface area contributed by atoms with Crippen molar-refractivity contribution in [2.75, 3.05) is 44.3 Å². The van der Waals surface area contributed by atoms with Gasteiger partial charge in [0.05, 0.1) is 12.2 Å². The largest absolute Gasteiger partial charge is 0.492 e. The Hall–Kier alpha value is -2.49. The third kappa shape index (κ3) is 7.08. The van der Waals surface area contributed by atoms with E-state index in [4.69, 9.17) is 9.47 Å². The molecule has 0 spiro atoms. The molecule has 0 aliphatic carbocycles. The van der Waals surface area contributed by atoms with Gasteiger partial charge in [0.1, 0.15) is 18.1 Å². The second kappa shape index (κ2) is 12.9. The van der Waals surface area contributed by atoms with Gasteiger partial charge in [-0.1, -0.05) is 30.3 Å². The first kappa shape index (κ1) is 23.8. The Bertz CT molecular complexity index is 817. The minimum absolute atomic E-state index is 0. The number of nitrogens with zero attached hydrogens (tertiary/aromatic N) is 2. The molecule has 0 saturated carbocycles. The van der Waals surface area contributed by atoms with E-state index in [9.17, 15) is 4.79 Å². The fourth-order valence-corrected chi connectivity index (χ4v) is 3.02. The van der Waals surface area contributed by atoms with Crippen LogP contribution in [0.15, 0.2) is 59.6 Å². The SMILES string of the molecule is CCNC(=NCCCN1C(=O)COc2ccccc21)NCCOc1ccccc1.I. The van der Waals surface area contributed by atoms with Gasteiger partial charge in [-0.15, -0.1) is 24.0 Å². The first-order chi connectivity index (χ1) is 14.3. The van der Waals surface area contributed by atoms with Crippen LogP contribution in [0.5, 0.6) is 11.5 Å². The highest BCUT2D eigenvalue weighted by Gasteiger charge is 2.24. The molecular weight excluding hydrogens is 495 g/mol. The van der Waals surface area contributed by atoms with Gasteiger partial charge in [-0.25, -0.2) is 0 Å². The molecule has 0 saturated heterocycles. The number of amides is 1. The van der Waals surface area contributed by atoms with Gasteiger partial charge in [-0.3, -0.25) is 9.79 Å². The fourth-order valence-electron chi connectivity index (χ4n) is 3.02. The molecule has 2 aromatic rings. The minimum Gasteiger partial charge on any atom is -0.492 e. The molecule has 2 N–H and O–H groups in total. The summed E-state index contributed by atoms with van der Waals surface area (Å²) in [6.45, 7) is 5.32. The highest BCUT2D eigenvalue weighted by Crippen LogP contribution is 2.31.